The van der Waals surface area contributed by atoms with Gasteiger partial charge < -0.3 is 15.7 Å². The molecule has 1 unspecified atom stereocenters. The van der Waals surface area contributed by atoms with Crippen molar-refractivity contribution in [1.82, 2.24) is 4.90 Å². The zero-order chi connectivity index (χ0) is 12.2. The van der Waals surface area contributed by atoms with E-state index in [1.54, 1.807) is 27.7 Å². The van der Waals surface area contributed by atoms with Gasteiger partial charge in [0.05, 0.1) is 6.04 Å². The molecule has 0 aromatic heterocycles. The van der Waals surface area contributed by atoms with Gasteiger partial charge in [0, 0.05) is 5.54 Å². The third-order valence-corrected chi connectivity index (χ3v) is 2.13. The smallest absolute Gasteiger partial charge is 0.323 e. The highest BCUT2D eigenvalue weighted by Crippen LogP contribution is 2.14. The van der Waals surface area contributed by atoms with Gasteiger partial charge >= 0.3 is 5.97 Å². The van der Waals surface area contributed by atoms with Gasteiger partial charge in [0.15, 0.2) is 0 Å². The molecule has 0 heterocycles. The molecule has 0 spiro atoms. The van der Waals surface area contributed by atoms with Gasteiger partial charge in [-0.25, -0.2) is 0 Å². The summed E-state index contributed by atoms with van der Waals surface area (Å²) in [6, 6.07) is -0.622. The van der Waals surface area contributed by atoms with E-state index in [2.05, 4.69) is 0 Å². The van der Waals surface area contributed by atoms with Gasteiger partial charge in [-0.1, -0.05) is 6.92 Å². The second-order valence-corrected chi connectivity index (χ2v) is 4.50. The predicted molar refractivity (Wildman–Crippen MR) is 57.4 cm³/mol. The zero-order valence-corrected chi connectivity index (χ0v) is 9.78. The Labute approximate surface area is 90.2 Å². The molecule has 0 aromatic rings. The monoisotopic (exact) mass is 216 g/mol. The molecule has 5 nitrogen and oxygen atoms in total. The third kappa shape index (κ3) is 4.29. The van der Waals surface area contributed by atoms with Crippen molar-refractivity contribution in [1.29, 1.82) is 0 Å². The number of rotatable bonds is 4. The number of carboxylic acids is 1. The second-order valence-electron chi connectivity index (χ2n) is 4.50. The van der Waals surface area contributed by atoms with Crippen LogP contribution in [0.1, 0.15) is 34.1 Å². The van der Waals surface area contributed by atoms with Gasteiger partial charge in [-0.15, -0.1) is 0 Å². The van der Waals surface area contributed by atoms with Gasteiger partial charge in [0.2, 0.25) is 5.91 Å². The summed E-state index contributed by atoms with van der Waals surface area (Å²) < 4.78 is 0. The summed E-state index contributed by atoms with van der Waals surface area (Å²) in [7, 11) is 0. The predicted octanol–water partition coefficient (Wildman–Crippen LogP) is 0.435. The number of carboxylic acid groups (broad SMARTS) is 1. The van der Waals surface area contributed by atoms with E-state index in [-0.39, 0.29) is 12.5 Å². The fourth-order valence-electron chi connectivity index (χ4n) is 1.16. The van der Waals surface area contributed by atoms with Crippen LogP contribution in [0, 0.1) is 0 Å². The van der Waals surface area contributed by atoms with Crippen LogP contribution in [0.25, 0.3) is 0 Å². The minimum absolute atomic E-state index is 0.309. The van der Waals surface area contributed by atoms with Crippen LogP contribution in [-0.2, 0) is 9.59 Å². The van der Waals surface area contributed by atoms with Gasteiger partial charge in [-0.05, 0) is 27.2 Å². The maximum atomic E-state index is 11.8. The molecular formula is C10H20N2O3. The molecule has 0 saturated carbocycles. The number of hydrogen-bond acceptors (Lipinski definition) is 3. The fraction of sp³-hybridized carbons (Fsp3) is 0.800. The van der Waals surface area contributed by atoms with E-state index >= 15 is 0 Å². The minimum Gasteiger partial charge on any atom is -0.480 e. The van der Waals surface area contributed by atoms with Crippen molar-refractivity contribution in [2.75, 3.05) is 6.54 Å². The van der Waals surface area contributed by atoms with Crippen molar-refractivity contribution < 1.29 is 14.7 Å². The average molecular weight is 216 g/mol. The molecule has 0 aromatic carbocycles. The van der Waals surface area contributed by atoms with Gasteiger partial charge in [-0.2, -0.15) is 0 Å². The molecule has 0 rings (SSSR count). The topological polar surface area (TPSA) is 83.6 Å². The van der Waals surface area contributed by atoms with Crippen molar-refractivity contribution >= 4 is 11.9 Å². The van der Waals surface area contributed by atoms with Crippen LogP contribution >= 0.6 is 0 Å². The largest absolute Gasteiger partial charge is 0.480 e. The van der Waals surface area contributed by atoms with Crippen molar-refractivity contribution in [2.45, 2.75) is 45.7 Å². The third-order valence-electron chi connectivity index (χ3n) is 2.13. The van der Waals surface area contributed by atoms with E-state index in [4.69, 9.17) is 10.8 Å². The number of aliphatic carboxylic acids is 1. The molecule has 15 heavy (non-hydrogen) atoms. The van der Waals surface area contributed by atoms with Crippen molar-refractivity contribution in [3.63, 3.8) is 0 Å². The molecule has 1 atom stereocenters. The summed E-state index contributed by atoms with van der Waals surface area (Å²) in [4.78, 5) is 23.7. The van der Waals surface area contributed by atoms with E-state index in [1.165, 1.54) is 4.90 Å². The maximum Gasteiger partial charge on any atom is 0.323 e. The molecule has 88 valence electrons. The SMILES string of the molecule is CCC(N)C(=O)N(CC(=O)O)C(C)(C)C. The first-order valence-electron chi connectivity index (χ1n) is 4.99. The summed E-state index contributed by atoms with van der Waals surface area (Å²) in [5.41, 5.74) is 5.08. The van der Waals surface area contributed by atoms with Crippen molar-refractivity contribution in [3.05, 3.63) is 0 Å². The molecule has 0 aliphatic heterocycles. The van der Waals surface area contributed by atoms with Crippen LogP contribution < -0.4 is 5.73 Å². The first-order chi connectivity index (χ1) is 6.70. The van der Waals surface area contributed by atoms with Crippen LogP contribution in [-0.4, -0.2) is 40.0 Å². The van der Waals surface area contributed by atoms with Gasteiger partial charge in [0.25, 0.3) is 0 Å². The van der Waals surface area contributed by atoms with E-state index in [9.17, 15) is 9.59 Å². The minimum atomic E-state index is -1.03. The molecule has 0 aliphatic carbocycles. The summed E-state index contributed by atoms with van der Waals surface area (Å²) in [5, 5.41) is 8.72. The molecule has 1 amide bonds. The molecule has 0 bridgehead atoms. The zero-order valence-electron chi connectivity index (χ0n) is 9.78. The van der Waals surface area contributed by atoms with E-state index in [0.29, 0.717) is 6.42 Å². The Kier molecular flexibility index (Phi) is 4.74. The lowest BCUT2D eigenvalue weighted by Gasteiger charge is -2.35. The Balaban J connectivity index is 4.79. The molecule has 5 heteroatoms. The standard InChI is InChI=1S/C10H20N2O3/c1-5-7(11)9(15)12(6-8(13)14)10(2,3)4/h7H,5-6,11H2,1-4H3,(H,13,14). The summed E-state index contributed by atoms with van der Waals surface area (Å²) in [5.74, 6) is -1.34. The lowest BCUT2D eigenvalue weighted by Crippen LogP contribution is -2.53. The number of carbonyl (C=O) groups excluding carboxylic acids is 1. The van der Waals surface area contributed by atoms with E-state index in [0.717, 1.165) is 0 Å². The molecule has 3 N–H and O–H groups in total. The number of nitrogens with zero attached hydrogens (tertiary/aromatic N) is 1. The van der Waals surface area contributed by atoms with Crippen LogP contribution in [0.5, 0.6) is 0 Å². The first kappa shape index (κ1) is 13.9. The van der Waals surface area contributed by atoms with Gasteiger partial charge in [0.1, 0.15) is 6.54 Å². The first-order valence-corrected chi connectivity index (χ1v) is 4.99. The number of amides is 1. The highest BCUT2D eigenvalue weighted by atomic mass is 16.4. The number of hydrogen-bond donors (Lipinski definition) is 2. The van der Waals surface area contributed by atoms with E-state index in [1.807, 2.05) is 0 Å². The Hall–Kier alpha value is -1.10. The molecule has 0 fully saturated rings. The van der Waals surface area contributed by atoms with E-state index < -0.39 is 17.6 Å². The fourth-order valence-corrected chi connectivity index (χ4v) is 1.16. The van der Waals surface area contributed by atoms with Crippen molar-refractivity contribution in [3.8, 4) is 0 Å². The van der Waals surface area contributed by atoms with Crippen LogP contribution in [0.15, 0.2) is 0 Å². The van der Waals surface area contributed by atoms with Crippen LogP contribution in [0.3, 0.4) is 0 Å². The average Bonchev–Trinajstić information content (AvgIpc) is 2.09. The molecule has 0 aliphatic rings. The highest BCUT2D eigenvalue weighted by Gasteiger charge is 2.30. The Morgan fingerprint density at radius 2 is 1.87 bits per heavy atom. The Morgan fingerprint density at radius 3 is 2.13 bits per heavy atom. The second kappa shape index (κ2) is 5.11. The number of carbonyl (C=O) groups is 2. The Bertz CT molecular complexity index is 246. The molecule has 0 saturated heterocycles. The molecular weight excluding hydrogens is 196 g/mol. The van der Waals surface area contributed by atoms with Crippen LogP contribution in [0.4, 0.5) is 0 Å². The normalized spacial score (nSPS) is 13.4. The summed E-state index contributed by atoms with van der Waals surface area (Å²) >= 11 is 0. The van der Waals surface area contributed by atoms with Crippen LogP contribution in [0.2, 0.25) is 0 Å². The Morgan fingerprint density at radius 1 is 1.40 bits per heavy atom. The quantitative estimate of drug-likeness (QED) is 0.714. The summed E-state index contributed by atoms with van der Waals surface area (Å²) in [6.07, 6.45) is 0.505. The maximum absolute atomic E-state index is 11.8. The molecule has 0 radical (unpaired) electrons. The number of nitrogens with two attached hydrogens (primary N) is 1. The highest BCUT2D eigenvalue weighted by molar-refractivity contribution is 5.85. The van der Waals surface area contributed by atoms with Gasteiger partial charge in [-0.3, -0.25) is 9.59 Å². The van der Waals surface area contributed by atoms with Crippen molar-refractivity contribution in [2.24, 2.45) is 5.73 Å². The lowest BCUT2D eigenvalue weighted by molar-refractivity contribution is -0.149. The lowest BCUT2D eigenvalue weighted by atomic mass is 10.0. The summed E-state index contributed by atoms with van der Waals surface area (Å²) in [6.45, 7) is 6.85.